The van der Waals surface area contributed by atoms with Gasteiger partial charge in [-0.05, 0) is 25.0 Å². The standard InChI is InChI=1S/C20H16N8O2/c21-16(29)4-3-15-13(11-23-19-22-6-8-26(15)19)18-17(24-20-27(18)9-10-30-20)14-5-7-28(25-14)12-1-2-12/h3-12H,1-2H2,(H2,21,29)/b4-3+. The van der Waals surface area contributed by atoms with Crippen molar-refractivity contribution >= 4 is 23.6 Å². The number of nitrogens with two attached hydrogens (primary N) is 1. The summed E-state index contributed by atoms with van der Waals surface area (Å²) in [6.45, 7) is 0. The quantitative estimate of drug-likeness (QED) is 0.452. The Bertz CT molecular complexity index is 1450. The molecule has 5 aromatic rings. The third kappa shape index (κ3) is 2.54. The summed E-state index contributed by atoms with van der Waals surface area (Å²) < 4.78 is 11.2. The maximum absolute atomic E-state index is 11.4. The van der Waals surface area contributed by atoms with Gasteiger partial charge in [0.2, 0.25) is 11.7 Å². The molecule has 0 aliphatic heterocycles. The highest BCUT2D eigenvalue weighted by molar-refractivity contribution is 5.92. The van der Waals surface area contributed by atoms with Crippen LogP contribution in [0.15, 0.2) is 53.8 Å². The van der Waals surface area contributed by atoms with Gasteiger partial charge in [0.25, 0.3) is 0 Å². The van der Waals surface area contributed by atoms with Crippen molar-refractivity contribution in [3.8, 4) is 22.6 Å². The van der Waals surface area contributed by atoms with E-state index in [1.54, 1.807) is 41.5 Å². The van der Waals surface area contributed by atoms with Crippen molar-refractivity contribution in [3.63, 3.8) is 0 Å². The Balaban J connectivity index is 1.62. The second kappa shape index (κ2) is 6.14. The summed E-state index contributed by atoms with van der Waals surface area (Å²) in [6, 6.07) is 2.41. The SMILES string of the molecule is NC(=O)/C=C/c1c(-c2c(-c3ccn(C4CC4)n3)nc3occn23)cnc2nccn12. The number of oxazole rings is 1. The van der Waals surface area contributed by atoms with Gasteiger partial charge in [-0.15, -0.1) is 0 Å². The molecule has 10 nitrogen and oxygen atoms in total. The number of carbonyl (C=O) groups excluding carboxylic acids is 1. The monoisotopic (exact) mass is 400 g/mol. The Hall–Kier alpha value is -4.21. The van der Waals surface area contributed by atoms with E-state index in [1.807, 2.05) is 21.3 Å². The predicted octanol–water partition coefficient (Wildman–Crippen LogP) is 2.33. The molecule has 0 radical (unpaired) electrons. The van der Waals surface area contributed by atoms with E-state index in [0.29, 0.717) is 29.1 Å². The summed E-state index contributed by atoms with van der Waals surface area (Å²) in [5.41, 5.74) is 8.95. The number of carbonyl (C=O) groups is 1. The molecule has 5 aromatic heterocycles. The summed E-state index contributed by atoms with van der Waals surface area (Å²) in [5, 5.41) is 4.73. The lowest BCUT2D eigenvalue weighted by atomic mass is 10.1. The topological polar surface area (TPSA) is 122 Å². The van der Waals surface area contributed by atoms with Gasteiger partial charge in [-0.1, -0.05) is 0 Å². The molecule has 0 aromatic carbocycles. The first-order valence-corrected chi connectivity index (χ1v) is 9.50. The van der Waals surface area contributed by atoms with E-state index < -0.39 is 5.91 Å². The normalized spacial score (nSPS) is 14.4. The van der Waals surface area contributed by atoms with Gasteiger partial charge in [-0.3, -0.25) is 18.3 Å². The second-order valence-electron chi connectivity index (χ2n) is 7.17. The molecule has 2 N–H and O–H groups in total. The Morgan fingerprint density at radius 2 is 2.10 bits per heavy atom. The van der Waals surface area contributed by atoms with Crippen LogP contribution in [-0.2, 0) is 4.79 Å². The molecule has 1 fully saturated rings. The summed E-state index contributed by atoms with van der Waals surface area (Å²) in [4.78, 5) is 24.8. The van der Waals surface area contributed by atoms with Crippen molar-refractivity contribution in [2.24, 2.45) is 5.73 Å². The van der Waals surface area contributed by atoms with Gasteiger partial charge in [0, 0.05) is 42.6 Å². The van der Waals surface area contributed by atoms with E-state index in [4.69, 9.17) is 15.2 Å². The molecule has 1 saturated carbocycles. The van der Waals surface area contributed by atoms with Gasteiger partial charge >= 0.3 is 5.84 Å². The number of rotatable bonds is 5. The number of hydrogen-bond donors (Lipinski definition) is 1. The average molecular weight is 400 g/mol. The largest absolute Gasteiger partial charge is 0.432 e. The number of aromatic nitrogens is 7. The highest BCUT2D eigenvalue weighted by Gasteiger charge is 2.27. The molecule has 0 atom stereocenters. The third-order valence-electron chi connectivity index (χ3n) is 5.16. The Labute approximate surface area is 169 Å². The van der Waals surface area contributed by atoms with Crippen LogP contribution in [0.25, 0.3) is 40.3 Å². The summed E-state index contributed by atoms with van der Waals surface area (Å²) in [7, 11) is 0. The molecular weight excluding hydrogens is 384 g/mol. The van der Waals surface area contributed by atoms with Crippen LogP contribution in [-0.4, -0.2) is 39.4 Å². The molecule has 10 heteroatoms. The first-order chi connectivity index (χ1) is 14.7. The van der Waals surface area contributed by atoms with E-state index in [0.717, 1.165) is 29.8 Å². The number of nitrogens with zero attached hydrogens (tertiary/aromatic N) is 7. The van der Waals surface area contributed by atoms with Gasteiger partial charge in [-0.2, -0.15) is 10.1 Å². The van der Waals surface area contributed by atoms with E-state index in [1.165, 1.54) is 6.08 Å². The fourth-order valence-corrected chi connectivity index (χ4v) is 3.64. The molecule has 0 saturated heterocycles. The molecule has 5 heterocycles. The van der Waals surface area contributed by atoms with Crippen molar-refractivity contribution in [1.29, 1.82) is 0 Å². The number of primary amides is 1. The highest BCUT2D eigenvalue weighted by Crippen LogP contribution is 2.37. The van der Waals surface area contributed by atoms with Gasteiger partial charge in [-0.25, -0.2) is 9.97 Å². The molecule has 1 aliphatic rings. The van der Waals surface area contributed by atoms with Crippen molar-refractivity contribution in [1.82, 2.24) is 33.5 Å². The van der Waals surface area contributed by atoms with Crippen molar-refractivity contribution in [2.45, 2.75) is 18.9 Å². The smallest absolute Gasteiger partial charge is 0.306 e. The maximum Gasteiger partial charge on any atom is 0.306 e. The van der Waals surface area contributed by atoms with Crippen LogP contribution in [0.4, 0.5) is 0 Å². The van der Waals surface area contributed by atoms with Crippen molar-refractivity contribution in [3.05, 3.63) is 55.1 Å². The Morgan fingerprint density at radius 1 is 1.20 bits per heavy atom. The van der Waals surface area contributed by atoms with Gasteiger partial charge in [0.1, 0.15) is 17.7 Å². The van der Waals surface area contributed by atoms with Crippen LogP contribution >= 0.6 is 0 Å². The zero-order valence-corrected chi connectivity index (χ0v) is 15.7. The van der Waals surface area contributed by atoms with Crippen LogP contribution in [0.3, 0.4) is 0 Å². The zero-order valence-electron chi connectivity index (χ0n) is 15.7. The lowest BCUT2D eigenvalue weighted by molar-refractivity contribution is -0.113. The molecule has 1 amide bonds. The third-order valence-corrected chi connectivity index (χ3v) is 5.16. The summed E-state index contributed by atoms with van der Waals surface area (Å²) in [5.74, 6) is 0.406. The number of amides is 1. The molecular formula is C20H16N8O2. The van der Waals surface area contributed by atoms with E-state index >= 15 is 0 Å². The molecule has 6 rings (SSSR count). The van der Waals surface area contributed by atoms with Gasteiger partial charge < -0.3 is 10.2 Å². The lowest BCUT2D eigenvalue weighted by Crippen LogP contribution is -2.06. The van der Waals surface area contributed by atoms with E-state index in [2.05, 4.69) is 15.0 Å². The van der Waals surface area contributed by atoms with E-state index in [-0.39, 0.29) is 0 Å². The average Bonchev–Trinajstić information content (AvgIpc) is 3.13. The van der Waals surface area contributed by atoms with Crippen molar-refractivity contribution in [2.75, 3.05) is 0 Å². The second-order valence-corrected chi connectivity index (χ2v) is 7.17. The van der Waals surface area contributed by atoms with E-state index in [9.17, 15) is 4.79 Å². The molecule has 30 heavy (non-hydrogen) atoms. The van der Waals surface area contributed by atoms with Crippen LogP contribution in [0, 0.1) is 0 Å². The molecule has 1 aliphatic carbocycles. The minimum absolute atomic E-state index is 0.441. The fourth-order valence-electron chi connectivity index (χ4n) is 3.64. The minimum Gasteiger partial charge on any atom is -0.432 e. The maximum atomic E-state index is 11.4. The lowest BCUT2D eigenvalue weighted by Gasteiger charge is -2.09. The molecule has 148 valence electrons. The Kier molecular flexibility index (Phi) is 3.42. The molecule has 0 bridgehead atoms. The summed E-state index contributed by atoms with van der Waals surface area (Å²) in [6.07, 6.45) is 15.7. The number of imidazole rings is 2. The number of fused-ring (bicyclic) bond motifs is 2. The first kappa shape index (κ1) is 16.7. The number of hydrogen-bond acceptors (Lipinski definition) is 6. The van der Waals surface area contributed by atoms with Crippen LogP contribution in [0.1, 0.15) is 24.6 Å². The first-order valence-electron chi connectivity index (χ1n) is 9.50. The summed E-state index contributed by atoms with van der Waals surface area (Å²) >= 11 is 0. The van der Waals surface area contributed by atoms with Gasteiger partial charge in [0.15, 0.2) is 0 Å². The molecule has 0 spiro atoms. The Morgan fingerprint density at radius 3 is 2.93 bits per heavy atom. The predicted molar refractivity (Wildman–Crippen MR) is 107 cm³/mol. The minimum atomic E-state index is -0.545. The van der Waals surface area contributed by atoms with Gasteiger partial charge in [0.05, 0.1) is 17.4 Å². The van der Waals surface area contributed by atoms with Crippen LogP contribution < -0.4 is 5.73 Å². The molecule has 0 unspecified atom stereocenters. The fraction of sp³-hybridized carbons (Fsp3) is 0.150. The zero-order chi connectivity index (χ0) is 20.2. The highest BCUT2D eigenvalue weighted by atomic mass is 16.3. The van der Waals surface area contributed by atoms with Crippen LogP contribution in [0.5, 0.6) is 0 Å². The van der Waals surface area contributed by atoms with Crippen LogP contribution in [0.2, 0.25) is 0 Å². The van der Waals surface area contributed by atoms with Crippen molar-refractivity contribution < 1.29 is 9.21 Å².